The second kappa shape index (κ2) is 6.19. The standard InChI is InChI=1S/C12H19N3O3S2/c1-8-6-14-12(19-8)9(2)15-11(16)5-10-7-20(17,18)4-3-13-10/h6,9-10,13H,3-5,7H2,1-2H3,(H,15,16). The highest BCUT2D eigenvalue weighted by Crippen LogP contribution is 2.19. The third kappa shape index (κ3) is 4.26. The van der Waals surface area contributed by atoms with E-state index in [9.17, 15) is 13.2 Å². The minimum Gasteiger partial charge on any atom is -0.347 e. The third-order valence-electron chi connectivity index (χ3n) is 3.12. The number of aryl methyl sites for hydroxylation is 1. The normalized spacial score (nSPS) is 23.2. The van der Waals surface area contributed by atoms with Gasteiger partial charge in [0.15, 0.2) is 9.84 Å². The molecule has 1 aliphatic rings. The summed E-state index contributed by atoms with van der Waals surface area (Å²) in [7, 11) is -3.01. The monoisotopic (exact) mass is 317 g/mol. The van der Waals surface area contributed by atoms with Crippen molar-refractivity contribution in [2.24, 2.45) is 0 Å². The lowest BCUT2D eigenvalue weighted by atomic mass is 10.2. The van der Waals surface area contributed by atoms with Crippen LogP contribution in [0.5, 0.6) is 0 Å². The Morgan fingerprint density at radius 1 is 1.65 bits per heavy atom. The van der Waals surface area contributed by atoms with Crippen LogP contribution >= 0.6 is 11.3 Å². The largest absolute Gasteiger partial charge is 0.347 e. The van der Waals surface area contributed by atoms with Gasteiger partial charge in [0.25, 0.3) is 0 Å². The lowest BCUT2D eigenvalue weighted by molar-refractivity contribution is -0.122. The van der Waals surface area contributed by atoms with Gasteiger partial charge >= 0.3 is 0 Å². The molecule has 1 aromatic rings. The van der Waals surface area contributed by atoms with Crippen LogP contribution in [0.25, 0.3) is 0 Å². The van der Waals surface area contributed by atoms with Crippen LogP contribution < -0.4 is 10.6 Å². The molecule has 0 aromatic carbocycles. The van der Waals surface area contributed by atoms with E-state index in [1.165, 1.54) is 0 Å². The van der Waals surface area contributed by atoms with Crippen molar-refractivity contribution < 1.29 is 13.2 Å². The topological polar surface area (TPSA) is 88.2 Å². The lowest BCUT2D eigenvalue weighted by Gasteiger charge is -2.23. The second-order valence-corrected chi connectivity index (χ2v) is 8.56. The first-order valence-corrected chi connectivity index (χ1v) is 9.15. The smallest absolute Gasteiger partial charge is 0.222 e. The Labute approximate surface area is 122 Å². The van der Waals surface area contributed by atoms with Gasteiger partial charge in [-0.2, -0.15) is 0 Å². The predicted octanol–water partition coefficient (Wildman–Crippen LogP) is 0.405. The number of nitrogens with one attached hydrogen (secondary N) is 2. The van der Waals surface area contributed by atoms with Crippen LogP contribution in [0, 0.1) is 6.92 Å². The van der Waals surface area contributed by atoms with E-state index < -0.39 is 9.84 Å². The molecule has 2 atom stereocenters. The Hall–Kier alpha value is -0.990. The van der Waals surface area contributed by atoms with Crippen molar-refractivity contribution in [2.45, 2.75) is 32.4 Å². The highest BCUT2D eigenvalue weighted by Gasteiger charge is 2.26. The maximum absolute atomic E-state index is 11.9. The van der Waals surface area contributed by atoms with Gasteiger partial charge in [-0.3, -0.25) is 4.79 Å². The van der Waals surface area contributed by atoms with E-state index in [1.807, 2.05) is 13.8 Å². The van der Waals surface area contributed by atoms with Gasteiger partial charge in [0.2, 0.25) is 5.91 Å². The minimum absolute atomic E-state index is 0.0329. The van der Waals surface area contributed by atoms with E-state index in [0.717, 1.165) is 9.88 Å². The number of aromatic nitrogens is 1. The fourth-order valence-electron chi connectivity index (χ4n) is 2.16. The Morgan fingerprint density at radius 3 is 3.00 bits per heavy atom. The van der Waals surface area contributed by atoms with E-state index >= 15 is 0 Å². The summed E-state index contributed by atoms with van der Waals surface area (Å²) in [5.74, 6) is 0.0328. The molecule has 1 saturated heterocycles. The molecule has 0 spiro atoms. The molecule has 20 heavy (non-hydrogen) atoms. The van der Waals surface area contributed by atoms with Crippen LogP contribution in [0.3, 0.4) is 0 Å². The van der Waals surface area contributed by atoms with E-state index in [-0.39, 0.29) is 35.9 Å². The molecule has 0 radical (unpaired) electrons. The molecule has 0 bridgehead atoms. The van der Waals surface area contributed by atoms with Crippen molar-refractivity contribution in [3.63, 3.8) is 0 Å². The SMILES string of the molecule is Cc1cnc(C(C)NC(=O)CC2CS(=O)(=O)CCN2)s1. The van der Waals surface area contributed by atoms with Gasteiger partial charge < -0.3 is 10.6 Å². The summed E-state index contributed by atoms with van der Waals surface area (Å²) in [4.78, 5) is 17.3. The predicted molar refractivity (Wildman–Crippen MR) is 78.5 cm³/mol. The van der Waals surface area contributed by atoms with Crippen LogP contribution in [-0.2, 0) is 14.6 Å². The Kier molecular flexibility index (Phi) is 4.77. The van der Waals surface area contributed by atoms with Crippen molar-refractivity contribution in [2.75, 3.05) is 18.1 Å². The summed E-state index contributed by atoms with van der Waals surface area (Å²) in [6.07, 6.45) is 1.95. The first-order chi connectivity index (χ1) is 9.35. The summed E-state index contributed by atoms with van der Waals surface area (Å²) in [6.45, 7) is 4.26. The quantitative estimate of drug-likeness (QED) is 0.839. The molecule has 1 amide bonds. The number of amides is 1. The molecule has 2 N–H and O–H groups in total. The Balaban J connectivity index is 1.86. The van der Waals surface area contributed by atoms with Crippen LogP contribution in [-0.4, -0.2) is 43.4 Å². The van der Waals surface area contributed by atoms with E-state index in [1.54, 1.807) is 17.5 Å². The van der Waals surface area contributed by atoms with Crippen LogP contribution in [0.1, 0.15) is 29.3 Å². The number of carbonyl (C=O) groups is 1. The fourth-order valence-corrected chi connectivity index (χ4v) is 4.38. The van der Waals surface area contributed by atoms with E-state index in [2.05, 4.69) is 15.6 Å². The summed E-state index contributed by atoms with van der Waals surface area (Å²) in [5.41, 5.74) is 0. The van der Waals surface area contributed by atoms with Gasteiger partial charge in [-0.25, -0.2) is 13.4 Å². The Bertz CT molecular complexity index is 583. The van der Waals surface area contributed by atoms with Crippen molar-refractivity contribution in [1.82, 2.24) is 15.6 Å². The maximum atomic E-state index is 11.9. The summed E-state index contributed by atoms with van der Waals surface area (Å²) in [5, 5.41) is 6.79. The molecule has 6 nitrogen and oxygen atoms in total. The van der Waals surface area contributed by atoms with Crippen molar-refractivity contribution >= 4 is 27.1 Å². The number of nitrogens with zero attached hydrogens (tertiary/aromatic N) is 1. The third-order valence-corrected chi connectivity index (χ3v) is 5.95. The average molecular weight is 317 g/mol. The zero-order valence-electron chi connectivity index (χ0n) is 11.5. The number of thiazole rings is 1. The van der Waals surface area contributed by atoms with E-state index in [4.69, 9.17) is 0 Å². The molecule has 1 fully saturated rings. The molecule has 0 aliphatic carbocycles. The molecular formula is C12H19N3O3S2. The highest BCUT2D eigenvalue weighted by molar-refractivity contribution is 7.91. The Morgan fingerprint density at radius 2 is 2.40 bits per heavy atom. The highest BCUT2D eigenvalue weighted by atomic mass is 32.2. The number of hydrogen-bond donors (Lipinski definition) is 2. The minimum atomic E-state index is -3.01. The van der Waals surface area contributed by atoms with Gasteiger partial charge in [0.05, 0.1) is 17.5 Å². The fraction of sp³-hybridized carbons (Fsp3) is 0.667. The molecule has 2 heterocycles. The van der Waals surface area contributed by atoms with Gasteiger partial charge in [-0.1, -0.05) is 0 Å². The summed E-state index contributed by atoms with van der Waals surface area (Å²) < 4.78 is 23.0. The van der Waals surface area contributed by atoms with Crippen molar-refractivity contribution in [3.8, 4) is 0 Å². The van der Waals surface area contributed by atoms with E-state index in [0.29, 0.717) is 6.54 Å². The maximum Gasteiger partial charge on any atom is 0.222 e. The van der Waals surface area contributed by atoms with Crippen LogP contribution in [0.15, 0.2) is 6.20 Å². The van der Waals surface area contributed by atoms with Gasteiger partial charge in [0.1, 0.15) is 5.01 Å². The van der Waals surface area contributed by atoms with Crippen molar-refractivity contribution in [1.29, 1.82) is 0 Å². The summed E-state index contributed by atoms with van der Waals surface area (Å²) in [6, 6.07) is -0.444. The van der Waals surface area contributed by atoms with Crippen LogP contribution in [0.4, 0.5) is 0 Å². The lowest BCUT2D eigenvalue weighted by Crippen LogP contribution is -2.47. The van der Waals surface area contributed by atoms with Crippen LogP contribution in [0.2, 0.25) is 0 Å². The molecule has 0 saturated carbocycles. The first-order valence-electron chi connectivity index (χ1n) is 6.51. The molecular weight excluding hydrogens is 298 g/mol. The molecule has 2 unspecified atom stereocenters. The molecule has 1 aliphatic heterocycles. The first kappa shape index (κ1) is 15.4. The van der Waals surface area contributed by atoms with Gasteiger partial charge in [-0.15, -0.1) is 11.3 Å². The number of carbonyl (C=O) groups excluding carboxylic acids is 1. The molecule has 1 aromatic heterocycles. The number of hydrogen-bond acceptors (Lipinski definition) is 6. The zero-order chi connectivity index (χ0) is 14.8. The number of rotatable bonds is 4. The number of sulfone groups is 1. The average Bonchev–Trinajstić information content (AvgIpc) is 2.74. The summed E-state index contributed by atoms with van der Waals surface area (Å²) >= 11 is 1.55. The van der Waals surface area contributed by atoms with Gasteiger partial charge in [-0.05, 0) is 13.8 Å². The molecule has 2 rings (SSSR count). The van der Waals surface area contributed by atoms with Crippen molar-refractivity contribution in [3.05, 3.63) is 16.1 Å². The second-order valence-electron chi connectivity index (χ2n) is 5.07. The molecule has 112 valence electrons. The van der Waals surface area contributed by atoms with Gasteiger partial charge in [0, 0.05) is 30.1 Å². The zero-order valence-corrected chi connectivity index (χ0v) is 13.2. The molecule has 8 heteroatoms.